The summed E-state index contributed by atoms with van der Waals surface area (Å²) in [5, 5.41) is 0. The van der Waals surface area contributed by atoms with Gasteiger partial charge in [-0.25, -0.2) is 4.99 Å². The summed E-state index contributed by atoms with van der Waals surface area (Å²) in [6.45, 7) is 5.77. The Kier molecular flexibility index (Phi) is 11.1. The lowest BCUT2D eigenvalue weighted by molar-refractivity contribution is -0.106. The number of rotatable bonds is 3. The van der Waals surface area contributed by atoms with Crippen LogP contribution in [0.5, 0.6) is 0 Å². The predicted molar refractivity (Wildman–Crippen MR) is 53.3 cm³/mol. The first-order valence-electron chi connectivity index (χ1n) is 3.99. The van der Waals surface area contributed by atoms with Gasteiger partial charge < -0.3 is 4.90 Å². The molecule has 0 spiro atoms. The van der Waals surface area contributed by atoms with Gasteiger partial charge in [-0.05, 0) is 13.0 Å². The van der Waals surface area contributed by atoms with Crippen molar-refractivity contribution >= 4 is 12.1 Å². The normalized spacial score (nSPS) is 10.6. The molecule has 70 valence electrons. The standard InChI is InChI=1S/C7H12N2O.C2H6/c1-7(8-6-10)4-5-9(2)3;1-2/h4-6H,1-3H3;1-2H3/b5-4-,8-7?;. The van der Waals surface area contributed by atoms with Crippen LogP contribution in [0.25, 0.3) is 0 Å². The highest BCUT2D eigenvalue weighted by atomic mass is 16.1. The van der Waals surface area contributed by atoms with E-state index < -0.39 is 0 Å². The Morgan fingerprint density at radius 3 is 2.17 bits per heavy atom. The van der Waals surface area contributed by atoms with Gasteiger partial charge in [0.15, 0.2) is 0 Å². The van der Waals surface area contributed by atoms with Gasteiger partial charge in [-0.1, -0.05) is 13.8 Å². The van der Waals surface area contributed by atoms with Gasteiger partial charge in [0.1, 0.15) is 0 Å². The summed E-state index contributed by atoms with van der Waals surface area (Å²) >= 11 is 0. The molecule has 0 aliphatic heterocycles. The van der Waals surface area contributed by atoms with E-state index in [2.05, 4.69) is 4.99 Å². The first-order valence-corrected chi connectivity index (χ1v) is 3.99. The second-order valence-electron chi connectivity index (χ2n) is 2.16. The molecule has 0 heterocycles. The first-order chi connectivity index (χ1) is 5.66. The third-order valence-corrected chi connectivity index (χ3v) is 0.870. The molecule has 0 fully saturated rings. The Morgan fingerprint density at radius 1 is 1.33 bits per heavy atom. The van der Waals surface area contributed by atoms with Gasteiger partial charge in [0.05, 0.1) is 0 Å². The maximum absolute atomic E-state index is 9.82. The molecule has 0 aliphatic carbocycles. The topological polar surface area (TPSA) is 32.7 Å². The van der Waals surface area contributed by atoms with E-state index in [1.165, 1.54) is 0 Å². The minimum atomic E-state index is 0.537. The third-order valence-electron chi connectivity index (χ3n) is 0.870. The highest BCUT2D eigenvalue weighted by molar-refractivity contribution is 5.96. The van der Waals surface area contributed by atoms with Crippen molar-refractivity contribution in [3.05, 3.63) is 12.3 Å². The van der Waals surface area contributed by atoms with Crippen LogP contribution in [0, 0.1) is 0 Å². The van der Waals surface area contributed by atoms with Crippen LogP contribution in [0.2, 0.25) is 0 Å². The minimum Gasteiger partial charge on any atom is -0.383 e. The number of carbonyl (C=O) groups excluding carboxylic acids is 1. The smallest absolute Gasteiger partial charge is 0.233 e. The van der Waals surface area contributed by atoms with E-state index in [-0.39, 0.29) is 0 Å². The molecule has 0 aromatic heterocycles. The molecule has 3 nitrogen and oxygen atoms in total. The fraction of sp³-hybridized carbons (Fsp3) is 0.556. The summed E-state index contributed by atoms with van der Waals surface area (Å²) in [5.41, 5.74) is 0.712. The first kappa shape index (κ1) is 13.5. The number of hydrogen-bond acceptors (Lipinski definition) is 2. The van der Waals surface area contributed by atoms with Crippen LogP contribution < -0.4 is 0 Å². The molecule has 0 N–H and O–H groups in total. The van der Waals surface area contributed by atoms with E-state index in [9.17, 15) is 4.79 Å². The molecule has 0 aromatic carbocycles. The van der Waals surface area contributed by atoms with Gasteiger partial charge in [-0.15, -0.1) is 0 Å². The van der Waals surface area contributed by atoms with E-state index in [1.807, 2.05) is 39.0 Å². The zero-order valence-electron chi connectivity index (χ0n) is 8.53. The number of nitrogens with zero attached hydrogens (tertiary/aromatic N) is 2. The molecule has 0 radical (unpaired) electrons. The van der Waals surface area contributed by atoms with E-state index in [0.717, 1.165) is 0 Å². The van der Waals surface area contributed by atoms with Crippen LogP contribution in [-0.2, 0) is 4.79 Å². The number of amides is 1. The van der Waals surface area contributed by atoms with Gasteiger partial charge in [-0.3, -0.25) is 4.79 Å². The lowest BCUT2D eigenvalue weighted by Gasteiger charge is -2.01. The highest BCUT2D eigenvalue weighted by Crippen LogP contribution is 1.81. The summed E-state index contributed by atoms with van der Waals surface area (Å²) in [6.07, 6.45) is 4.14. The molecule has 0 bridgehead atoms. The van der Waals surface area contributed by atoms with Crippen molar-refractivity contribution in [1.82, 2.24) is 4.90 Å². The fourth-order valence-electron chi connectivity index (χ4n) is 0.383. The summed E-state index contributed by atoms with van der Waals surface area (Å²) in [7, 11) is 3.81. The Hall–Kier alpha value is -1.12. The molecule has 12 heavy (non-hydrogen) atoms. The summed E-state index contributed by atoms with van der Waals surface area (Å²) < 4.78 is 0. The monoisotopic (exact) mass is 170 g/mol. The van der Waals surface area contributed by atoms with Crippen molar-refractivity contribution < 1.29 is 4.79 Å². The van der Waals surface area contributed by atoms with Crippen LogP contribution in [0.1, 0.15) is 20.8 Å². The van der Waals surface area contributed by atoms with Crippen LogP contribution in [-0.4, -0.2) is 31.1 Å². The molecule has 0 unspecified atom stereocenters. The SMILES string of the molecule is CC.CC(/C=C\N(C)C)=NC=O. The van der Waals surface area contributed by atoms with Crippen molar-refractivity contribution in [2.75, 3.05) is 14.1 Å². The maximum atomic E-state index is 9.82. The Morgan fingerprint density at radius 2 is 1.83 bits per heavy atom. The second kappa shape index (κ2) is 9.88. The molecule has 3 heteroatoms. The Labute approximate surface area is 74.8 Å². The van der Waals surface area contributed by atoms with E-state index >= 15 is 0 Å². The largest absolute Gasteiger partial charge is 0.383 e. The van der Waals surface area contributed by atoms with Crippen LogP contribution in [0.15, 0.2) is 17.3 Å². The average Bonchev–Trinajstić information content (AvgIpc) is 2.05. The minimum absolute atomic E-state index is 0.537. The van der Waals surface area contributed by atoms with E-state index in [0.29, 0.717) is 12.1 Å². The van der Waals surface area contributed by atoms with Crippen molar-refractivity contribution in [1.29, 1.82) is 0 Å². The van der Waals surface area contributed by atoms with Crippen LogP contribution in [0.3, 0.4) is 0 Å². The number of hydrogen-bond donors (Lipinski definition) is 0. The number of allylic oxidation sites excluding steroid dienone is 1. The zero-order chi connectivity index (χ0) is 9.98. The molecule has 0 aliphatic rings. The molecular weight excluding hydrogens is 152 g/mol. The summed E-state index contributed by atoms with van der Waals surface area (Å²) in [6, 6.07) is 0. The molecular formula is C9H18N2O. The van der Waals surface area contributed by atoms with Crippen molar-refractivity contribution in [3.8, 4) is 0 Å². The molecule has 0 saturated heterocycles. The Bertz CT molecular complexity index is 160. The van der Waals surface area contributed by atoms with E-state index in [4.69, 9.17) is 0 Å². The van der Waals surface area contributed by atoms with Gasteiger partial charge in [-0.2, -0.15) is 0 Å². The molecule has 1 amide bonds. The van der Waals surface area contributed by atoms with Crippen LogP contribution in [0.4, 0.5) is 0 Å². The number of carbonyl (C=O) groups is 1. The van der Waals surface area contributed by atoms with Crippen molar-refractivity contribution in [2.24, 2.45) is 4.99 Å². The second-order valence-corrected chi connectivity index (χ2v) is 2.16. The highest BCUT2D eigenvalue weighted by Gasteiger charge is 1.80. The lowest BCUT2D eigenvalue weighted by atomic mass is 10.4. The van der Waals surface area contributed by atoms with Crippen molar-refractivity contribution in [2.45, 2.75) is 20.8 Å². The Balaban J connectivity index is 0. The van der Waals surface area contributed by atoms with Gasteiger partial charge in [0, 0.05) is 26.0 Å². The predicted octanol–water partition coefficient (Wildman–Crippen LogP) is 1.71. The lowest BCUT2D eigenvalue weighted by Crippen LogP contribution is -2.01. The molecule has 0 aromatic rings. The summed E-state index contributed by atoms with van der Waals surface area (Å²) in [4.78, 5) is 15.2. The molecule has 0 rings (SSSR count). The molecule has 0 atom stereocenters. The average molecular weight is 170 g/mol. The maximum Gasteiger partial charge on any atom is 0.233 e. The summed E-state index contributed by atoms with van der Waals surface area (Å²) in [5.74, 6) is 0. The van der Waals surface area contributed by atoms with Gasteiger partial charge in [0.2, 0.25) is 6.41 Å². The quantitative estimate of drug-likeness (QED) is 0.477. The third kappa shape index (κ3) is 11.6. The van der Waals surface area contributed by atoms with E-state index in [1.54, 1.807) is 13.0 Å². The number of aliphatic imine (C=N–C) groups is 1. The van der Waals surface area contributed by atoms with Crippen LogP contribution >= 0.6 is 0 Å². The van der Waals surface area contributed by atoms with Gasteiger partial charge in [0.25, 0.3) is 0 Å². The molecule has 0 saturated carbocycles. The zero-order valence-corrected chi connectivity index (χ0v) is 8.53. The van der Waals surface area contributed by atoms with Gasteiger partial charge >= 0.3 is 0 Å². The fourth-order valence-corrected chi connectivity index (χ4v) is 0.383. The van der Waals surface area contributed by atoms with Crippen molar-refractivity contribution in [3.63, 3.8) is 0 Å².